The van der Waals surface area contributed by atoms with E-state index in [2.05, 4.69) is 15.9 Å². The second-order valence-electron chi connectivity index (χ2n) is 3.86. The summed E-state index contributed by atoms with van der Waals surface area (Å²) in [4.78, 5) is 11.7. The van der Waals surface area contributed by atoms with Crippen LogP contribution in [0, 0.1) is 5.92 Å². The molecule has 0 atom stereocenters. The predicted molar refractivity (Wildman–Crippen MR) is 56.2 cm³/mol. The Bertz CT molecular complexity index is 435. The van der Waals surface area contributed by atoms with Gasteiger partial charge in [-0.2, -0.15) is 13.2 Å². The highest BCUT2D eigenvalue weighted by atomic mass is 79.9. The molecule has 0 heterocycles. The summed E-state index contributed by atoms with van der Waals surface area (Å²) in [5, 5.41) is 0. The molecule has 5 heteroatoms. The molecule has 16 heavy (non-hydrogen) atoms. The molecule has 1 fully saturated rings. The van der Waals surface area contributed by atoms with E-state index < -0.39 is 11.7 Å². The van der Waals surface area contributed by atoms with Crippen molar-refractivity contribution in [2.45, 2.75) is 19.0 Å². The molecule has 0 saturated heterocycles. The zero-order chi connectivity index (χ0) is 11.9. The maximum absolute atomic E-state index is 12.5. The third-order valence-electron chi connectivity index (χ3n) is 2.46. The van der Waals surface area contributed by atoms with E-state index >= 15 is 0 Å². The van der Waals surface area contributed by atoms with Gasteiger partial charge in [-0.3, -0.25) is 4.79 Å². The van der Waals surface area contributed by atoms with E-state index in [9.17, 15) is 18.0 Å². The lowest BCUT2D eigenvalue weighted by molar-refractivity contribution is -0.137. The largest absolute Gasteiger partial charge is 0.416 e. The first-order valence-corrected chi connectivity index (χ1v) is 5.59. The van der Waals surface area contributed by atoms with E-state index in [-0.39, 0.29) is 21.7 Å². The minimum atomic E-state index is -4.41. The molecule has 0 bridgehead atoms. The van der Waals surface area contributed by atoms with Crippen molar-refractivity contribution in [3.05, 3.63) is 33.8 Å². The number of halogens is 4. The van der Waals surface area contributed by atoms with Gasteiger partial charge in [-0.05, 0) is 31.0 Å². The lowest BCUT2D eigenvalue weighted by Crippen LogP contribution is -2.08. The SMILES string of the molecule is O=C(c1cc(Br)cc(C(F)(F)F)c1)C1CC1. The molecule has 1 aromatic rings. The van der Waals surface area contributed by atoms with Gasteiger partial charge in [0.25, 0.3) is 0 Å². The fourth-order valence-corrected chi connectivity index (χ4v) is 1.97. The van der Waals surface area contributed by atoms with Crippen LogP contribution in [0.5, 0.6) is 0 Å². The topological polar surface area (TPSA) is 17.1 Å². The molecule has 2 rings (SSSR count). The summed E-state index contributed by atoms with van der Waals surface area (Å²) >= 11 is 2.99. The maximum Gasteiger partial charge on any atom is 0.416 e. The number of alkyl halides is 3. The van der Waals surface area contributed by atoms with Gasteiger partial charge in [0.2, 0.25) is 0 Å². The van der Waals surface area contributed by atoms with Crippen LogP contribution in [0.4, 0.5) is 13.2 Å². The summed E-state index contributed by atoms with van der Waals surface area (Å²) in [6, 6.07) is 3.34. The van der Waals surface area contributed by atoms with Crippen molar-refractivity contribution in [2.75, 3.05) is 0 Å². The quantitative estimate of drug-likeness (QED) is 0.751. The van der Waals surface area contributed by atoms with Crippen LogP contribution in [0.1, 0.15) is 28.8 Å². The molecule has 1 aromatic carbocycles. The molecule has 86 valence electrons. The van der Waals surface area contributed by atoms with Crippen LogP contribution in [-0.2, 0) is 6.18 Å². The molecule has 1 aliphatic rings. The highest BCUT2D eigenvalue weighted by Crippen LogP contribution is 2.36. The predicted octanol–water partition coefficient (Wildman–Crippen LogP) is 4.06. The van der Waals surface area contributed by atoms with Crippen LogP contribution in [0.3, 0.4) is 0 Å². The van der Waals surface area contributed by atoms with Crippen molar-refractivity contribution in [3.63, 3.8) is 0 Å². The molecule has 0 radical (unpaired) electrons. The fraction of sp³-hybridized carbons (Fsp3) is 0.364. The Kier molecular flexibility index (Phi) is 2.82. The molecule has 0 aliphatic heterocycles. The van der Waals surface area contributed by atoms with Crippen molar-refractivity contribution >= 4 is 21.7 Å². The Morgan fingerprint density at radius 3 is 2.38 bits per heavy atom. The summed E-state index contributed by atoms with van der Waals surface area (Å²) in [6.45, 7) is 0. The van der Waals surface area contributed by atoms with Crippen LogP contribution in [0.25, 0.3) is 0 Å². The van der Waals surface area contributed by atoms with Crippen molar-refractivity contribution in [2.24, 2.45) is 5.92 Å². The Balaban J connectivity index is 2.39. The molecule has 1 aliphatic carbocycles. The molecule has 0 spiro atoms. The molecule has 0 amide bonds. The minimum Gasteiger partial charge on any atom is -0.294 e. The van der Waals surface area contributed by atoms with Gasteiger partial charge in [-0.1, -0.05) is 15.9 Å². The molecule has 1 nitrogen and oxygen atoms in total. The number of ketones is 1. The second kappa shape index (κ2) is 3.87. The molecular weight excluding hydrogens is 285 g/mol. The Morgan fingerprint density at radius 1 is 1.25 bits per heavy atom. The van der Waals surface area contributed by atoms with Crippen molar-refractivity contribution < 1.29 is 18.0 Å². The lowest BCUT2D eigenvalue weighted by atomic mass is 10.0. The van der Waals surface area contributed by atoms with Crippen LogP contribution in [-0.4, -0.2) is 5.78 Å². The van der Waals surface area contributed by atoms with Crippen molar-refractivity contribution in [1.29, 1.82) is 0 Å². The summed E-state index contributed by atoms with van der Waals surface area (Å²) in [5.41, 5.74) is -0.643. The summed E-state index contributed by atoms with van der Waals surface area (Å²) < 4.78 is 37.8. The van der Waals surface area contributed by atoms with Gasteiger partial charge in [-0.15, -0.1) is 0 Å². The van der Waals surface area contributed by atoms with Gasteiger partial charge in [-0.25, -0.2) is 0 Å². The van der Waals surface area contributed by atoms with Gasteiger partial charge in [0.15, 0.2) is 5.78 Å². The first-order valence-electron chi connectivity index (χ1n) is 4.80. The van der Waals surface area contributed by atoms with E-state index in [4.69, 9.17) is 0 Å². The zero-order valence-electron chi connectivity index (χ0n) is 8.14. The Morgan fingerprint density at radius 2 is 1.88 bits per heavy atom. The average molecular weight is 293 g/mol. The third kappa shape index (κ3) is 2.45. The minimum absolute atomic E-state index is 0.0737. The van der Waals surface area contributed by atoms with E-state index in [0.717, 1.165) is 25.0 Å². The standard InChI is InChI=1S/C11H8BrF3O/c12-9-4-7(10(16)6-1-2-6)3-8(5-9)11(13,14)15/h3-6H,1-2H2. The molecular formula is C11H8BrF3O. The van der Waals surface area contributed by atoms with Gasteiger partial charge in [0.1, 0.15) is 0 Å². The first-order chi connectivity index (χ1) is 7.38. The van der Waals surface area contributed by atoms with E-state index in [1.807, 2.05) is 0 Å². The lowest BCUT2D eigenvalue weighted by Gasteiger charge is -2.09. The number of rotatable bonds is 2. The Labute approximate surface area is 98.8 Å². The molecule has 0 N–H and O–H groups in total. The molecule has 1 saturated carbocycles. The van der Waals surface area contributed by atoms with Crippen LogP contribution in [0.15, 0.2) is 22.7 Å². The van der Waals surface area contributed by atoms with Gasteiger partial charge >= 0.3 is 6.18 Å². The highest BCUT2D eigenvalue weighted by molar-refractivity contribution is 9.10. The van der Waals surface area contributed by atoms with E-state index in [0.29, 0.717) is 0 Å². The average Bonchev–Trinajstić information content (AvgIpc) is 2.97. The number of carbonyl (C=O) groups is 1. The zero-order valence-corrected chi connectivity index (χ0v) is 9.73. The molecule has 0 aromatic heterocycles. The first kappa shape index (κ1) is 11.6. The molecule has 0 unspecified atom stereocenters. The summed E-state index contributed by atoms with van der Waals surface area (Å²) in [5.74, 6) is -0.262. The number of carbonyl (C=O) groups excluding carboxylic acids is 1. The van der Waals surface area contributed by atoms with Gasteiger partial charge in [0, 0.05) is 16.0 Å². The van der Waals surface area contributed by atoms with Crippen LogP contribution >= 0.6 is 15.9 Å². The number of benzene rings is 1. The second-order valence-corrected chi connectivity index (χ2v) is 4.78. The van der Waals surface area contributed by atoms with E-state index in [1.54, 1.807) is 0 Å². The van der Waals surface area contributed by atoms with Crippen LogP contribution in [0.2, 0.25) is 0 Å². The number of Topliss-reactive ketones (excluding diaryl/α,β-unsaturated/α-hetero) is 1. The fourth-order valence-electron chi connectivity index (χ4n) is 1.48. The summed E-state index contributed by atoms with van der Waals surface area (Å²) in [7, 11) is 0. The van der Waals surface area contributed by atoms with Gasteiger partial charge in [0.05, 0.1) is 5.56 Å². The van der Waals surface area contributed by atoms with Gasteiger partial charge < -0.3 is 0 Å². The third-order valence-corrected chi connectivity index (χ3v) is 2.92. The van der Waals surface area contributed by atoms with Crippen molar-refractivity contribution in [1.82, 2.24) is 0 Å². The smallest absolute Gasteiger partial charge is 0.294 e. The summed E-state index contributed by atoms with van der Waals surface area (Å²) in [6.07, 6.45) is -2.85. The normalized spacial score (nSPS) is 16.2. The van der Waals surface area contributed by atoms with E-state index in [1.165, 1.54) is 6.07 Å². The van der Waals surface area contributed by atoms with Crippen molar-refractivity contribution in [3.8, 4) is 0 Å². The Hall–Kier alpha value is -0.840. The highest BCUT2D eigenvalue weighted by Gasteiger charge is 2.34. The monoisotopic (exact) mass is 292 g/mol. The van der Waals surface area contributed by atoms with Crippen LogP contribution < -0.4 is 0 Å². The number of hydrogen-bond acceptors (Lipinski definition) is 1. The maximum atomic E-state index is 12.5. The number of hydrogen-bond donors (Lipinski definition) is 0.